The lowest BCUT2D eigenvalue weighted by atomic mass is 10.00. The molecule has 1 aliphatic carbocycles. The van der Waals surface area contributed by atoms with Crippen molar-refractivity contribution in [3.8, 4) is 0 Å². The fraction of sp³-hybridized carbons (Fsp3) is 0.438. The SMILES string of the molecule is CC(NC(=O)c1sc2cc(Cl)ccc2c1N)C1CCCC1. The van der Waals surface area contributed by atoms with Gasteiger partial charge in [-0.15, -0.1) is 11.3 Å². The number of carbonyl (C=O) groups excluding carboxylic acids is 1. The number of thiophene rings is 1. The smallest absolute Gasteiger partial charge is 0.263 e. The Hall–Kier alpha value is -1.26. The number of halogens is 1. The van der Waals surface area contributed by atoms with Gasteiger partial charge in [-0.3, -0.25) is 4.79 Å². The molecule has 1 unspecified atom stereocenters. The van der Waals surface area contributed by atoms with Crippen molar-refractivity contribution in [1.82, 2.24) is 5.32 Å². The van der Waals surface area contributed by atoms with E-state index in [1.807, 2.05) is 12.1 Å². The Kier molecular flexibility index (Phi) is 4.09. The average Bonchev–Trinajstić information content (AvgIpc) is 3.07. The lowest BCUT2D eigenvalue weighted by Gasteiger charge is -2.20. The molecule has 1 atom stereocenters. The minimum Gasteiger partial charge on any atom is -0.397 e. The van der Waals surface area contributed by atoms with Crippen LogP contribution in [0.2, 0.25) is 5.02 Å². The van der Waals surface area contributed by atoms with Gasteiger partial charge in [-0.1, -0.05) is 24.4 Å². The van der Waals surface area contributed by atoms with E-state index in [-0.39, 0.29) is 11.9 Å². The number of rotatable bonds is 3. The number of fused-ring (bicyclic) bond motifs is 1. The molecule has 3 rings (SSSR count). The van der Waals surface area contributed by atoms with Crippen LogP contribution in [-0.4, -0.2) is 11.9 Å². The number of carbonyl (C=O) groups is 1. The van der Waals surface area contributed by atoms with Crippen molar-refractivity contribution in [1.29, 1.82) is 0 Å². The number of nitrogen functional groups attached to an aromatic ring is 1. The molecule has 3 nitrogen and oxygen atoms in total. The third-order valence-corrected chi connectivity index (χ3v) is 5.76. The van der Waals surface area contributed by atoms with Crippen molar-refractivity contribution in [2.24, 2.45) is 5.92 Å². The summed E-state index contributed by atoms with van der Waals surface area (Å²) in [6.45, 7) is 2.09. The van der Waals surface area contributed by atoms with E-state index in [0.29, 0.717) is 21.5 Å². The number of nitrogens with two attached hydrogens (primary N) is 1. The summed E-state index contributed by atoms with van der Waals surface area (Å²) >= 11 is 7.40. The van der Waals surface area contributed by atoms with Crippen LogP contribution in [0.5, 0.6) is 0 Å². The van der Waals surface area contributed by atoms with Crippen molar-refractivity contribution in [2.45, 2.75) is 38.6 Å². The molecular formula is C16H19ClN2OS. The molecule has 0 radical (unpaired) electrons. The van der Waals surface area contributed by atoms with Crippen LogP contribution in [0.3, 0.4) is 0 Å². The van der Waals surface area contributed by atoms with Crippen molar-refractivity contribution in [3.63, 3.8) is 0 Å². The van der Waals surface area contributed by atoms with Gasteiger partial charge < -0.3 is 11.1 Å². The number of benzene rings is 1. The molecule has 5 heteroatoms. The third-order valence-electron chi connectivity index (χ3n) is 4.36. The predicted octanol–water partition coefficient (Wildman–Crippen LogP) is 4.45. The second-order valence-electron chi connectivity index (χ2n) is 5.79. The summed E-state index contributed by atoms with van der Waals surface area (Å²) in [6, 6.07) is 5.74. The van der Waals surface area contributed by atoms with Gasteiger partial charge in [-0.2, -0.15) is 0 Å². The second kappa shape index (κ2) is 5.85. The van der Waals surface area contributed by atoms with E-state index in [2.05, 4.69) is 12.2 Å². The van der Waals surface area contributed by atoms with Crippen LogP contribution in [0.1, 0.15) is 42.3 Å². The maximum Gasteiger partial charge on any atom is 0.263 e. The Morgan fingerprint density at radius 2 is 2.14 bits per heavy atom. The van der Waals surface area contributed by atoms with E-state index >= 15 is 0 Å². The summed E-state index contributed by atoms with van der Waals surface area (Å²) in [6.07, 6.45) is 4.96. The highest BCUT2D eigenvalue weighted by Gasteiger charge is 2.25. The summed E-state index contributed by atoms with van der Waals surface area (Å²) < 4.78 is 0.957. The fourth-order valence-corrected chi connectivity index (χ4v) is 4.41. The zero-order chi connectivity index (χ0) is 15.0. The minimum absolute atomic E-state index is 0.0655. The Balaban J connectivity index is 1.82. The molecule has 0 spiro atoms. The normalized spacial score (nSPS) is 17.2. The molecular weight excluding hydrogens is 304 g/mol. The van der Waals surface area contributed by atoms with Crippen LogP contribution in [0, 0.1) is 5.92 Å². The van der Waals surface area contributed by atoms with Crippen molar-refractivity contribution in [2.75, 3.05) is 5.73 Å². The number of hydrogen-bond donors (Lipinski definition) is 2. The van der Waals surface area contributed by atoms with E-state index in [4.69, 9.17) is 17.3 Å². The molecule has 1 fully saturated rings. The summed E-state index contributed by atoms with van der Waals surface area (Å²) in [5, 5.41) is 4.68. The van der Waals surface area contributed by atoms with Crippen LogP contribution in [0.4, 0.5) is 5.69 Å². The quantitative estimate of drug-likeness (QED) is 0.877. The number of anilines is 1. The molecule has 0 aliphatic heterocycles. The van der Waals surface area contributed by atoms with Gasteiger partial charge in [0.25, 0.3) is 5.91 Å². The van der Waals surface area contributed by atoms with Gasteiger partial charge in [0.05, 0.1) is 5.69 Å². The highest BCUT2D eigenvalue weighted by molar-refractivity contribution is 7.21. The molecule has 0 bridgehead atoms. The Bertz CT molecular complexity index is 676. The topological polar surface area (TPSA) is 55.1 Å². The first-order valence-electron chi connectivity index (χ1n) is 7.34. The molecule has 1 saturated carbocycles. The lowest BCUT2D eigenvalue weighted by molar-refractivity contribution is 0.0932. The van der Waals surface area contributed by atoms with Crippen molar-refractivity contribution >= 4 is 44.6 Å². The van der Waals surface area contributed by atoms with E-state index in [1.54, 1.807) is 6.07 Å². The van der Waals surface area contributed by atoms with Gasteiger partial charge in [-0.05, 0) is 43.9 Å². The third kappa shape index (κ3) is 2.87. The molecule has 1 amide bonds. The number of amides is 1. The molecule has 3 N–H and O–H groups in total. The monoisotopic (exact) mass is 322 g/mol. The van der Waals surface area contributed by atoms with Gasteiger partial charge in [-0.25, -0.2) is 0 Å². The average molecular weight is 323 g/mol. The van der Waals surface area contributed by atoms with Crippen molar-refractivity contribution < 1.29 is 4.79 Å². The van der Waals surface area contributed by atoms with Crippen LogP contribution in [0.25, 0.3) is 10.1 Å². The fourth-order valence-electron chi connectivity index (χ4n) is 3.11. The number of nitrogens with one attached hydrogen (secondary N) is 1. The lowest BCUT2D eigenvalue weighted by Crippen LogP contribution is -2.37. The summed E-state index contributed by atoms with van der Waals surface area (Å²) in [5.41, 5.74) is 6.68. The Morgan fingerprint density at radius 1 is 1.43 bits per heavy atom. The maximum atomic E-state index is 12.5. The van der Waals surface area contributed by atoms with Crippen LogP contribution >= 0.6 is 22.9 Å². The van der Waals surface area contributed by atoms with Gasteiger partial charge in [0.1, 0.15) is 4.88 Å². The van der Waals surface area contributed by atoms with Crippen molar-refractivity contribution in [3.05, 3.63) is 28.1 Å². The molecule has 112 valence electrons. The van der Waals surface area contributed by atoms with Gasteiger partial charge in [0, 0.05) is 21.2 Å². The van der Waals surface area contributed by atoms with E-state index in [9.17, 15) is 4.79 Å². The number of hydrogen-bond acceptors (Lipinski definition) is 3. The van der Waals surface area contributed by atoms with Gasteiger partial charge in [0.15, 0.2) is 0 Å². The van der Waals surface area contributed by atoms with E-state index in [0.717, 1.165) is 10.1 Å². The highest BCUT2D eigenvalue weighted by Crippen LogP contribution is 2.35. The van der Waals surface area contributed by atoms with Crippen LogP contribution in [-0.2, 0) is 0 Å². The Labute approximate surface area is 133 Å². The standard InChI is InChI=1S/C16H19ClN2OS/c1-9(10-4-2-3-5-10)19-16(20)15-14(18)12-7-6-11(17)8-13(12)21-15/h6-10H,2-5,18H2,1H3,(H,19,20). The summed E-state index contributed by atoms with van der Waals surface area (Å²) in [4.78, 5) is 13.1. The molecule has 0 saturated heterocycles. The molecule has 1 heterocycles. The summed E-state index contributed by atoms with van der Waals surface area (Å²) in [7, 11) is 0. The second-order valence-corrected chi connectivity index (χ2v) is 7.28. The Morgan fingerprint density at radius 3 is 2.86 bits per heavy atom. The zero-order valence-corrected chi connectivity index (χ0v) is 13.6. The predicted molar refractivity (Wildman–Crippen MR) is 90.1 cm³/mol. The molecule has 1 aliphatic rings. The minimum atomic E-state index is -0.0655. The first kappa shape index (κ1) is 14.7. The molecule has 21 heavy (non-hydrogen) atoms. The van der Waals surface area contributed by atoms with Gasteiger partial charge >= 0.3 is 0 Å². The zero-order valence-electron chi connectivity index (χ0n) is 12.0. The summed E-state index contributed by atoms with van der Waals surface area (Å²) in [5.74, 6) is 0.531. The molecule has 1 aromatic carbocycles. The van der Waals surface area contributed by atoms with Crippen LogP contribution in [0.15, 0.2) is 18.2 Å². The first-order valence-corrected chi connectivity index (χ1v) is 8.54. The maximum absolute atomic E-state index is 12.5. The van der Waals surface area contributed by atoms with Gasteiger partial charge in [0.2, 0.25) is 0 Å². The van der Waals surface area contributed by atoms with E-state index in [1.165, 1.54) is 37.0 Å². The molecule has 2 aromatic rings. The van der Waals surface area contributed by atoms with E-state index < -0.39 is 0 Å². The highest BCUT2D eigenvalue weighted by atomic mass is 35.5. The first-order chi connectivity index (χ1) is 10.1. The molecule has 1 aromatic heterocycles. The largest absolute Gasteiger partial charge is 0.397 e. The van der Waals surface area contributed by atoms with Crippen LogP contribution < -0.4 is 11.1 Å².